The zero-order valence-electron chi connectivity index (χ0n) is 10.2. The molecule has 2 aromatic rings. The second kappa shape index (κ2) is 6.68. The molecule has 3 nitrogen and oxygen atoms in total. The third kappa shape index (κ3) is 3.78. The van der Waals surface area contributed by atoms with Crippen molar-refractivity contribution in [3.8, 4) is 0 Å². The molecule has 0 heterocycles. The lowest BCUT2D eigenvalue weighted by molar-refractivity contribution is 0.0916. The van der Waals surface area contributed by atoms with Crippen molar-refractivity contribution in [3.05, 3.63) is 69.3 Å². The first-order valence-corrected chi connectivity index (χ1v) is 7.01. The molecule has 2 N–H and O–H groups in total. The lowest BCUT2D eigenvalue weighted by Gasteiger charge is -2.16. The summed E-state index contributed by atoms with van der Waals surface area (Å²) < 4.78 is 1.08. The van der Waals surface area contributed by atoms with Crippen molar-refractivity contribution in [1.82, 2.24) is 5.32 Å². The SMILES string of the molecule is O=C(N[C@@H](CO)c1ccccc1)c1ccc(I)cc1. The third-order valence-corrected chi connectivity index (χ3v) is 3.52. The van der Waals surface area contributed by atoms with E-state index >= 15 is 0 Å². The van der Waals surface area contributed by atoms with E-state index in [1.807, 2.05) is 42.5 Å². The molecule has 4 heteroatoms. The normalized spacial score (nSPS) is 11.9. The molecular formula is C15H14INO2. The highest BCUT2D eigenvalue weighted by Gasteiger charge is 2.14. The summed E-state index contributed by atoms with van der Waals surface area (Å²) in [6.07, 6.45) is 0. The molecule has 19 heavy (non-hydrogen) atoms. The summed E-state index contributed by atoms with van der Waals surface area (Å²) in [4.78, 5) is 12.1. The average molecular weight is 367 g/mol. The van der Waals surface area contributed by atoms with E-state index in [0.717, 1.165) is 9.13 Å². The van der Waals surface area contributed by atoms with Crippen molar-refractivity contribution >= 4 is 28.5 Å². The molecule has 0 bridgehead atoms. The van der Waals surface area contributed by atoms with Gasteiger partial charge in [0.2, 0.25) is 0 Å². The molecule has 0 fully saturated rings. The number of halogens is 1. The van der Waals surface area contributed by atoms with Crippen LogP contribution in [0.2, 0.25) is 0 Å². The van der Waals surface area contributed by atoms with Crippen LogP contribution in [0.5, 0.6) is 0 Å². The fraction of sp³-hybridized carbons (Fsp3) is 0.133. The number of amides is 1. The van der Waals surface area contributed by atoms with Crippen LogP contribution in [0.25, 0.3) is 0 Å². The molecule has 2 aromatic carbocycles. The van der Waals surface area contributed by atoms with Gasteiger partial charge in [0, 0.05) is 9.13 Å². The lowest BCUT2D eigenvalue weighted by atomic mass is 10.1. The number of carbonyl (C=O) groups is 1. The van der Waals surface area contributed by atoms with Crippen molar-refractivity contribution in [2.24, 2.45) is 0 Å². The van der Waals surface area contributed by atoms with Gasteiger partial charge in [0.15, 0.2) is 0 Å². The predicted octanol–water partition coefficient (Wildman–Crippen LogP) is 2.75. The first kappa shape index (κ1) is 14.0. The predicted molar refractivity (Wildman–Crippen MR) is 82.9 cm³/mol. The van der Waals surface area contributed by atoms with E-state index in [2.05, 4.69) is 27.9 Å². The van der Waals surface area contributed by atoms with Crippen LogP contribution in [0.3, 0.4) is 0 Å². The van der Waals surface area contributed by atoms with E-state index in [1.165, 1.54) is 0 Å². The van der Waals surface area contributed by atoms with Gasteiger partial charge in [-0.05, 0) is 52.4 Å². The Kier molecular flexibility index (Phi) is 4.93. The summed E-state index contributed by atoms with van der Waals surface area (Å²) >= 11 is 2.19. The van der Waals surface area contributed by atoms with Crippen LogP contribution >= 0.6 is 22.6 Å². The zero-order chi connectivity index (χ0) is 13.7. The number of aliphatic hydroxyl groups is 1. The van der Waals surface area contributed by atoms with Crippen molar-refractivity contribution in [3.63, 3.8) is 0 Å². The molecule has 0 spiro atoms. The molecule has 0 aliphatic heterocycles. The van der Waals surface area contributed by atoms with E-state index in [9.17, 15) is 9.90 Å². The van der Waals surface area contributed by atoms with E-state index in [-0.39, 0.29) is 18.6 Å². The summed E-state index contributed by atoms with van der Waals surface area (Å²) in [5, 5.41) is 12.2. The first-order chi connectivity index (χ1) is 9.20. The Morgan fingerprint density at radius 2 is 1.74 bits per heavy atom. The van der Waals surface area contributed by atoms with Gasteiger partial charge in [0.1, 0.15) is 0 Å². The van der Waals surface area contributed by atoms with Gasteiger partial charge in [-0.1, -0.05) is 30.3 Å². The third-order valence-electron chi connectivity index (χ3n) is 2.80. The second-order valence-electron chi connectivity index (χ2n) is 4.13. The molecule has 0 radical (unpaired) electrons. The molecule has 1 atom stereocenters. The standard InChI is InChI=1S/C15H14INO2/c16-13-8-6-12(7-9-13)15(19)17-14(10-18)11-4-2-1-3-5-11/h1-9,14,18H,10H2,(H,17,19)/t14-/m0/s1. The largest absolute Gasteiger partial charge is 0.394 e. The molecule has 0 unspecified atom stereocenters. The van der Waals surface area contributed by atoms with Gasteiger partial charge in [-0.2, -0.15) is 0 Å². The van der Waals surface area contributed by atoms with Crippen molar-refractivity contribution in [2.75, 3.05) is 6.61 Å². The summed E-state index contributed by atoms with van der Waals surface area (Å²) in [5.74, 6) is -0.181. The number of benzene rings is 2. The van der Waals surface area contributed by atoms with Crippen LogP contribution in [-0.2, 0) is 0 Å². The monoisotopic (exact) mass is 367 g/mol. The Hall–Kier alpha value is -1.40. The number of hydrogen-bond donors (Lipinski definition) is 2. The highest BCUT2D eigenvalue weighted by atomic mass is 127. The molecular weight excluding hydrogens is 353 g/mol. The Balaban J connectivity index is 2.10. The molecule has 1 amide bonds. The van der Waals surface area contributed by atoms with E-state index in [1.54, 1.807) is 12.1 Å². The van der Waals surface area contributed by atoms with Gasteiger partial charge in [-0.3, -0.25) is 4.79 Å². The summed E-state index contributed by atoms with van der Waals surface area (Å²) in [7, 11) is 0. The second-order valence-corrected chi connectivity index (χ2v) is 5.37. The van der Waals surface area contributed by atoms with Crippen LogP contribution < -0.4 is 5.32 Å². The maximum absolute atomic E-state index is 12.1. The highest BCUT2D eigenvalue weighted by Crippen LogP contribution is 2.13. The van der Waals surface area contributed by atoms with Crippen LogP contribution in [0, 0.1) is 3.57 Å². The summed E-state index contributed by atoms with van der Waals surface area (Å²) in [6, 6.07) is 16.4. The summed E-state index contributed by atoms with van der Waals surface area (Å²) in [6.45, 7) is -0.125. The lowest BCUT2D eigenvalue weighted by Crippen LogP contribution is -2.30. The molecule has 0 saturated heterocycles. The molecule has 0 aliphatic carbocycles. The van der Waals surface area contributed by atoms with Gasteiger partial charge in [0.25, 0.3) is 5.91 Å². The number of aliphatic hydroxyl groups excluding tert-OH is 1. The number of nitrogens with one attached hydrogen (secondary N) is 1. The Morgan fingerprint density at radius 3 is 2.32 bits per heavy atom. The van der Waals surface area contributed by atoms with Gasteiger partial charge >= 0.3 is 0 Å². The minimum Gasteiger partial charge on any atom is -0.394 e. The number of rotatable bonds is 4. The highest BCUT2D eigenvalue weighted by molar-refractivity contribution is 14.1. The van der Waals surface area contributed by atoms with E-state index in [4.69, 9.17) is 0 Å². The van der Waals surface area contributed by atoms with Gasteiger partial charge in [-0.25, -0.2) is 0 Å². The molecule has 0 saturated carbocycles. The number of carbonyl (C=O) groups excluding carboxylic acids is 1. The van der Waals surface area contributed by atoms with E-state index < -0.39 is 0 Å². The van der Waals surface area contributed by atoms with Crippen molar-refractivity contribution in [1.29, 1.82) is 0 Å². The Morgan fingerprint density at radius 1 is 1.11 bits per heavy atom. The summed E-state index contributed by atoms with van der Waals surface area (Å²) in [5.41, 5.74) is 1.48. The Bertz CT molecular complexity index is 540. The fourth-order valence-electron chi connectivity index (χ4n) is 1.76. The van der Waals surface area contributed by atoms with Crippen LogP contribution in [0.1, 0.15) is 22.0 Å². The maximum Gasteiger partial charge on any atom is 0.251 e. The zero-order valence-corrected chi connectivity index (χ0v) is 12.4. The fourth-order valence-corrected chi connectivity index (χ4v) is 2.12. The van der Waals surface area contributed by atoms with Crippen molar-refractivity contribution < 1.29 is 9.90 Å². The maximum atomic E-state index is 12.1. The van der Waals surface area contributed by atoms with E-state index in [0.29, 0.717) is 5.56 Å². The van der Waals surface area contributed by atoms with Crippen LogP contribution in [0.4, 0.5) is 0 Å². The topological polar surface area (TPSA) is 49.3 Å². The first-order valence-electron chi connectivity index (χ1n) is 5.93. The Labute approximate surface area is 125 Å². The minimum absolute atomic E-state index is 0.125. The van der Waals surface area contributed by atoms with Gasteiger partial charge < -0.3 is 10.4 Å². The minimum atomic E-state index is -0.382. The average Bonchev–Trinajstić information content (AvgIpc) is 2.46. The molecule has 0 aliphatic rings. The smallest absolute Gasteiger partial charge is 0.251 e. The van der Waals surface area contributed by atoms with Gasteiger partial charge in [0.05, 0.1) is 12.6 Å². The molecule has 0 aromatic heterocycles. The van der Waals surface area contributed by atoms with Gasteiger partial charge in [-0.15, -0.1) is 0 Å². The number of hydrogen-bond acceptors (Lipinski definition) is 2. The molecule has 98 valence electrons. The van der Waals surface area contributed by atoms with Crippen LogP contribution in [0.15, 0.2) is 54.6 Å². The molecule has 2 rings (SSSR count). The quantitative estimate of drug-likeness (QED) is 0.817. The van der Waals surface area contributed by atoms with Crippen molar-refractivity contribution in [2.45, 2.75) is 6.04 Å². The van der Waals surface area contributed by atoms with Crippen LogP contribution in [-0.4, -0.2) is 17.6 Å².